The summed E-state index contributed by atoms with van der Waals surface area (Å²) in [5.41, 5.74) is 4.14. The number of hydrogen-bond donors (Lipinski definition) is 0. The standard InChI is InChI=1S/C21H22O/c1-5-11-16(3)19-14-10-15-20(18-12-8-7-9-13-18)21(19)22-17(4)6-2/h5-15,17H,2-3H2,1,4H3/b11-5-. The molecule has 0 aliphatic heterocycles. The fourth-order valence-corrected chi connectivity index (χ4v) is 2.29. The third kappa shape index (κ3) is 3.56. The number of rotatable bonds is 6. The highest BCUT2D eigenvalue weighted by molar-refractivity contribution is 5.83. The van der Waals surface area contributed by atoms with Gasteiger partial charge >= 0.3 is 0 Å². The van der Waals surface area contributed by atoms with Gasteiger partial charge in [-0.3, -0.25) is 0 Å². The minimum absolute atomic E-state index is 0.0676. The zero-order chi connectivity index (χ0) is 15.9. The molecule has 1 heteroatoms. The Balaban J connectivity index is 2.60. The van der Waals surface area contributed by atoms with E-state index in [1.54, 1.807) is 6.08 Å². The van der Waals surface area contributed by atoms with Crippen LogP contribution in [-0.4, -0.2) is 6.10 Å². The van der Waals surface area contributed by atoms with Gasteiger partial charge < -0.3 is 4.74 Å². The Morgan fingerprint density at radius 1 is 1.09 bits per heavy atom. The maximum Gasteiger partial charge on any atom is 0.135 e. The minimum atomic E-state index is -0.0676. The molecule has 0 bridgehead atoms. The van der Waals surface area contributed by atoms with Gasteiger partial charge in [0.15, 0.2) is 0 Å². The summed E-state index contributed by atoms with van der Waals surface area (Å²) in [6.07, 6.45) is 5.71. The van der Waals surface area contributed by atoms with Gasteiger partial charge in [0, 0.05) is 11.1 Å². The van der Waals surface area contributed by atoms with Crippen LogP contribution in [0.2, 0.25) is 0 Å². The zero-order valence-electron chi connectivity index (χ0n) is 13.3. The highest BCUT2D eigenvalue weighted by Crippen LogP contribution is 2.37. The summed E-state index contributed by atoms with van der Waals surface area (Å²) in [5, 5.41) is 0. The molecule has 1 unspecified atom stereocenters. The monoisotopic (exact) mass is 290 g/mol. The SMILES string of the molecule is C=CC(C)Oc1c(C(=C)/C=C\C)cccc1-c1ccccc1. The summed E-state index contributed by atoms with van der Waals surface area (Å²) in [7, 11) is 0. The highest BCUT2D eigenvalue weighted by atomic mass is 16.5. The van der Waals surface area contributed by atoms with Crippen molar-refractivity contribution >= 4 is 5.57 Å². The summed E-state index contributed by atoms with van der Waals surface area (Å²) in [6.45, 7) is 11.9. The first-order chi connectivity index (χ1) is 10.7. The van der Waals surface area contributed by atoms with Gasteiger partial charge in [0.1, 0.15) is 11.9 Å². The van der Waals surface area contributed by atoms with Crippen molar-refractivity contribution < 1.29 is 4.74 Å². The van der Waals surface area contributed by atoms with E-state index in [-0.39, 0.29) is 6.10 Å². The Bertz CT molecular complexity index is 680. The van der Waals surface area contributed by atoms with E-state index in [2.05, 4.69) is 31.4 Å². The third-order valence-electron chi connectivity index (χ3n) is 3.45. The molecular weight excluding hydrogens is 268 g/mol. The second kappa shape index (κ2) is 7.46. The first-order valence-electron chi connectivity index (χ1n) is 7.47. The Morgan fingerprint density at radius 2 is 1.82 bits per heavy atom. The van der Waals surface area contributed by atoms with Crippen molar-refractivity contribution in [2.45, 2.75) is 20.0 Å². The molecule has 0 N–H and O–H groups in total. The summed E-state index contributed by atoms with van der Waals surface area (Å²) >= 11 is 0. The van der Waals surface area contributed by atoms with Crippen LogP contribution in [0.5, 0.6) is 5.75 Å². The van der Waals surface area contributed by atoms with Crippen LogP contribution in [0.25, 0.3) is 16.7 Å². The molecule has 0 saturated heterocycles. The van der Waals surface area contributed by atoms with Crippen molar-refractivity contribution in [3.63, 3.8) is 0 Å². The minimum Gasteiger partial charge on any atom is -0.485 e. The molecule has 0 aromatic heterocycles. The Hall–Kier alpha value is -2.54. The first-order valence-corrected chi connectivity index (χ1v) is 7.47. The Labute approximate surface area is 133 Å². The lowest BCUT2D eigenvalue weighted by molar-refractivity contribution is 0.271. The van der Waals surface area contributed by atoms with Crippen molar-refractivity contribution in [1.82, 2.24) is 0 Å². The largest absolute Gasteiger partial charge is 0.485 e. The third-order valence-corrected chi connectivity index (χ3v) is 3.45. The van der Waals surface area contributed by atoms with Gasteiger partial charge in [-0.15, -0.1) is 0 Å². The molecule has 1 nitrogen and oxygen atoms in total. The summed E-state index contributed by atoms with van der Waals surface area (Å²) < 4.78 is 6.13. The maximum absolute atomic E-state index is 6.13. The van der Waals surface area contributed by atoms with Crippen molar-refractivity contribution in [2.24, 2.45) is 0 Å². The Morgan fingerprint density at radius 3 is 2.45 bits per heavy atom. The molecule has 0 spiro atoms. The van der Waals surface area contributed by atoms with Gasteiger partial charge in [0.2, 0.25) is 0 Å². The number of para-hydroxylation sites is 1. The van der Waals surface area contributed by atoms with Crippen molar-refractivity contribution in [2.75, 3.05) is 0 Å². The molecule has 2 aromatic carbocycles. The van der Waals surface area contributed by atoms with Gasteiger partial charge in [-0.25, -0.2) is 0 Å². The molecular formula is C21H22O. The van der Waals surface area contributed by atoms with Crippen LogP contribution < -0.4 is 4.74 Å². The van der Waals surface area contributed by atoms with Crippen LogP contribution in [0.15, 0.2) is 79.9 Å². The van der Waals surface area contributed by atoms with Crippen molar-refractivity contribution in [3.8, 4) is 16.9 Å². The Kier molecular flexibility index (Phi) is 5.37. The average Bonchev–Trinajstić information content (AvgIpc) is 2.55. The van der Waals surface area contributed by atoms with E-state index < -0.39 is 0 Å². The lowest BCUT2D eigenvalue weighted by Gasteiger charge is -2.19. The molecule has 0 amide bonds. The number of hydrogen-bond acceptors (Lipinski definition) is 1. The highest BCUT2D eigenvalue weighted by Gasteiger charge is 2.14. The number of allylic oxidation sites excluding steroid dienone is 3. The topological polar surface area (TPSA) is 9.23 Å². The second-order valence-electron chi connectivity index (χ2n) is 5.13. The molecule has 1 atom stereocenters. The van der Waals surface area contributed by atoms with Crippen LogP contribution in [-0.2, 0) is 0 Å². The fraction of sp³-hybridized carbons (Fsp3) is 0.143. The molecule has 0 fully saturated rings. The summed E-state index contributed by atoms with van der Waals surface area (Å²) in [6, 6.07) is 16.4. The van der Waals surface area contributed by atoms with Crippen LogP contribution in [0.3, 0.4) is 0 Å². The van der Waals surface area contributed by atoms with E-state index in [1.165, 1.54) is 0 Å². The first kappa shape index (κ1) is 15.8. The zero-order valence-corrected chi connectivity index (χ0v) is 13.3. The van der Waals surface area contributed by atoms with Gasteiger partial charge in [0.05, 0.1) is 0 Å². The fourth-order valence-electron chi connectivity index (χ4n) is 2.29. The van der Waals surface area contributed by atoms with Crippen molar-refractivity contribution in [3.05, 3.63) is 85.5 Å². The molecule has 0 heterocycles. The van der Waals surface area contributed by atoms with Gasteiger partial charge in [-0.05, 0) is 25.0 Å². The molecule has 2 rings (SSSR count). The van der Waals surface area contributed by atoms with Crippen LogP contribution in [0, 0.1) is 0 Å². The van der Waals surface area contributed by atoms with Gasteiger partial charge in [-0.1, -0.05) is 79.9 Å². The summed E-state index contributed by atoms with van der Waals surface area (Å²) in [5.74, 6) is 0.851. The van der Waals surface area contributed by atoms with E-state index in [0.717, 1.165) is 28.0 Å². The molecule has 2 aromatic rings. The normalized spacial score (nSPS) is 12.1. The van der Waals surface area contributed by atoms with Gasteiger partial charge in [-0.2, -0.15) is 0 Å². The predicted molar refractivity (Wildman–Crippen MR) is 96.0 cm³/mol. The van der Waals surface area contributed by atoms with E-state index in [0.29, 0.717) is 0 Å². The lowest BCUT2D eigenvalue weighted by atomic mass is 9.97. The van der Waals surface area contributed by atoms with E-state index in [4.69, 9.17) is 4.74 Å². The quantitative estimate of drug-likeness (QED) is 0.475. The van der Waals surface area contributed by atoms with Crippen LogP contribution >= 0.6 is 0 Å². The smallest absolute Gasteiger partial charge is 0.135 e. The lowest BCUT2D eigenvalue weighted by Crippen LogP contribution is -2.09. The van der Waals surface area contributed by atoms with Crippen LogP contribution in [0.4, 0.5) is 0 Å². The number of ether oxygens (including phenoxy) is 1. The molecule has 112 valence electrons. The average molecular weight is 290 g/mol. The molecule has 0 saturated carbocycles. The molecule has 0 aliphatic rings. The maximum atomic E-state index is 6.13. The molecule has 0 aliphatic carbocycles. The molecule has 0 radical (unpaired) electrons. The molecule has 22 heavy (non-hydrogen) atoms. The van der Waals surface area contributed by atoms with Crippen molar-refractivity contribution in [1.29, 1.82) is 0 Å². The van der Waals surface area contributed by atoms with E-state index >= 15 is 0 Å². The number of benzene rings is 2. The summed E-state index contributed by atoms with van der Waals surface area (Å²) in [4.78, 5) is 0. The van der Waals surface area contributed by atoms with Gasteiger partial charge in [0.25, 0.3) is 0 Å². The predicted octanol–water partition coefficient (Wildman–Crippen LogP) is 5.90. The second-order valence-corrected chi connectivity index (χ2v) is 5.13. The van der Waals surface area contributed by atoms with E-state index in [1.807, 2.05) is 56.3 Å². The van der Waals surface area contributed by atoms with Crippen LogP contribution in [0.1, 0.15) is 19.4 Å². The van der Waals surface area contributed by atoms with E-state index in [9.17, 15) is 0 Å².